The van der Waals surface area contributed by atoms with E-state index in [1.807, 2.05) is 24.3 Å². The van der Waals surface area contributed by atoms with Crippen LogP contribution in [0.25, 0.3) is 11.1 Å². The number of benzene rings is 1. The standard InChI is InChI=1S/C16H18N2O4S2/c19-15(9-23-16-17-13-3-1-2-4-14(13)22-16)18(11-5-6-11)12-7-8-24(20,21)10-12/h1-4,11-12H,5-10H2/t12-/m0/s1. The minimum Gasteiger partial charge on any atom is -0.431 e. The first-order valence-electron chi connectivity index (χ1n) is 8.02. The normalized spacial score (nSPS) is 22.8. The fraction of sp³-hybridized carbons (Fsp3) is 0.500. The molecule has 0 unspecified atom stereocenters. The Kier molecular flexibility index (Phi) is 4.04. The van der Waals surface area contributed by atoms with Crippen molar-refractivity contribution < 1.29 is 17.6 Å². The van der Waals surface area contributed by atoms with Gasteiger partial charge < -0.3 is 9.32 Å². The smallest absolute Gasteiger partial charge is 0.257 e. The van der Waals surface area contributed by atoms with Crippen molar-refractivity contribution in [2.75, 3.05) is 17.3 Å². The molecule has 1 aliphatic heterocycles. The molecule has 2 aromatic rings. The molecule has 1 saturated heterocycles. The van der Waals surface area contributed by atoms with Gasteiger partial charge in [0.05, 0.1) is 17.3 Å². The van der Waals surface area contributed by atoms with E-state index in [-0.39, 0.29) is 35.2 Å². The van der Waals surface area contributed by atoms with Crippen molar-refractivity contribution in [2.45, 2.75) is 36.6 Å². The molecule has 1 aromatic heterocycles. The van der Waals surface area contributed by atoms with Gasteiger partial charge in [-0.05, 0) is 31.4 Å². The number of nitrogens with zero attached hydrogens (tertiary/aromatic N) is 2. The van der Waals surface area contributed by atoms with Crippen LogP contribution in [0.3, 0.4) is 0 Å². The number of fused-ring (bicyclic) bond motifs is 1. The van der Waals surface area contributed by atoms with Crippen LogP contribution in [0.2, 0.25) is 0 Å². The molecule has 0 spiro atoms. The maximum absolute atomic E-state index is 12.7. The van der Waals surface area contributed by atoms with Gasteiger partial charge in [0.15, 0.2) is 15.4 Å². The van der Waals surface area contributed by atoms with Gasteiger partial charge in [-0.25, -0.2) is 13.4 Å². The Morgan fingerprint density at radius 1 is 1.25 bits per heavy atom. The first kappa shape index (κ1) is 16.0. The summed E-state index contributed by atoms with van der Waals surface area (Å²) in [5.74, 6) is 0.488. The number of carbonyl (C=O) groups excluding carboxylic acids is 1. The molecule has 0 bridgehead atoms. The minimum atomic E-state index is -3.00. The van der Waals surface area contributed by atoms with Crippen molar-refractivity contribution in [3.8, 4) is 0 Å². The number of hydrogen-bond donors (Lipinski definition) is 0. The highest BCUT2D eigenvalue weighted by Crippen LogP contribution is 2.33. The minimum absolute atomic E-state index is 0.0214. The molecule has 1 amide bonds. The molecule has 24 heavy (non-hydrogen) atoms. The third-order valence-corrected chi connectivity index (χ3v) is 6.99. The summed E-state index contributed by atoms with van der Waals surface area (Å²) in [7, 11) is -3.00. The van der Waals surface area contributed by atoms with Crippen LogP contribution >= 0.6 is 11.8 Å². The SMILES string of the molecule is O=C(CSc1nc2ccccc2o1)N(C1CC1)[C@H]1CCS(=O)(=O)C1. The Balaban J connectivity index is 1.44. The van der Waals surface area contributed by atoms with E-state index in [2.05, 4.69) is 4.98 Å². The monoisotopic (exact) mass is 366 g/mol. The van der Waals surface area contributed by atoms with Crippen molar-refractivity contribution in [2.24, 2.45) is 0 Å². The van der Waals surface area contributed by atoms with Gasteiger partial charge in [0, 0.05) is 12.1 Å². The third kappa shape index (κ3) is 3.30. The summed E-state index contributed by atoms with van der Waals surface area (Å²) in [5.41, 5.74) is 1.47. The highest BCUT2D eigenvalue weighted by Gasteiger charge is 2.41. The second-order valence-electron chi connectivity index (χ2n) is 6.33. The molecule has 1 saturated carbocycles. The van der Waals surface area contributed by atoms with Gasteiger partial charge >= 0.3 is 0 Å². The zero-order chi connectivity index (χ0) is 16.7. The number of aromatic nitrogens is 1. The first-order chi connectivity index (χ1) is 11.5. The summed E-state index contributed by atoms with van der Waals surface area (Å²) in [6.07, 6.45) is 2.49. The lowest BCUT2D eigenvalue weighted by molar-refractivity contribution is -0.130. The van der Waals surface area contributed by atoms with E-state index < -0.39 is 9.84 Å². The molecular formula is C16H18N2O4S2. The number of thioether (sulfide) groups is 1. The molecule has 1 aromatic carbocycles. The van der Waals surface area contributed by atoms with Gasteiger partial charge in [0.2, 0.25) is 5.91 Å². The van der Waals surface area contributed by atoms with Crippen molar-refractivity contribution in [3.63, 3.8) is 0 Å². The van der Waals surface area contributed by atoms with Crippen molar-refractivity contribution >= 4 is 38.6 Å². The Morgan fingerprint density at radius 3 is 2.71 bits per heavy atom. The van der Waals surface area contributed by atoms with E-state index in [9.17, 15) is 13.2 Å². The van der Waals surface area contributed by atoms with Gasteiger partial charge in [-0.15, -0.1) is 0 Å². The van der Waals surface area contributed by atoms with E-state index in [0.717, 1.165) is 18.4 Å². The molecule has 1 atom stereocenters. The number of carbonyl (C=O) groups is 1. The zero-order valence-electron chi connectivity index (χ0n) is 13.1. The summed E-state index contributed by atoms with van der Waals surface area (Å²) in [6, 6.07) is 7.51. The van der Waals surface area contributed by atoms with Crippen LogP contribution in [0.5, 0.6) is 0 Å². The zero-order valence-corrected chi connectivity index (χ0v) is 14.7. The van der Waals surface area contributed by atoms with E-state index in [1.54, 1.807) is 4.90 Å². The Labute approximate surface area is 144 Å². The van der Waals surface area contributed by atoms with Crippen LogP contribution in [-0.4, -0.2) is 53.6 Å². The highest BCUT2D eigenvalue weighted by atomic mass is 32.2. The summed E-state index contributed by atoms with van der Waals surface area (Å²) >= 11 is 1.27. The predicted molar refractivity (Wildman–Crippen MR) is 91.7 cm³/mol. The van der Waals surface area contributed by atoms with Crippen molar-refractivity contribution in [3.05, 3.63) is 24.3 Å². The van der Waals surface area contributed by atoms with Crippen LogP contribution in [0, 0.1) is 0 Å². The highest BCUT2D eigenvalue weighted by molar-refractivity contribution is 7.99. The number of sulfone groups is 1. The Hall–Kier alpha value is -1.54. The average Bonchev–Trinajstić information content (AvgIpc) is 3.17. The fourth-order valence-corrected chi connectivity index (χ4v) is 5.58. The summed E-state index contributed by atoms with van der Waals surface area (Å²) < 4.78 is 29.1. The molecule has 2 heterocycles. The second-order valence-corrected chi connectivity index (χ2v) is 9.48. The molecule has 6 nitrogen and oxygen atoms in total. The lowest BCUT2D eigenvalue weighted by Crippen LogP contribution is -2.43. The number of para-hydroxylation sites is 2. The van der Waals surface area contributed by atoms with E-state index in [0.29, 0.717) is 17.2 Å². The van der Waals surface area contributed by atoms with Gasteiger partial charge in [-0.2, -0.15) is 0 Å². The largest absolute Gasteiger partial charge is 0.431 e. The van der Waals surface area contributed by atoms with Crippen LogP contribution in [0.1, 0.15) is 19.3 Å². The maximum atomic E-state index is 12.7. The van der Waals surface area contributed by atoms with Crippen molar-refractivity contribution in [1.82, 2.24) is 9.88 Å². The molecule has 0 N–H and O–H groups in total. The molecule has 2 aliphatic rings. The molecule has 0 radical (unpaired) electrons. The summed E-state index contributed by atoms with van der Waals surface area (Å²) in [4.78, 5) is 18.8. The molecule has 2 fully saturated rings. The number of amides is 1. The third-order valence-electron chi connectivity index (χ3n) is 4.42. The van der Waals surface area contributed by atoms with Gasteiger partial charge in [-0.3, -0.25) is 4.79 Å². The van der Waals surface area contributed by atoms with Gasteiger partial charge in [0.25, 0.3) is 5.22 Å². The Bertz CT molecular complexity index is 840. The number of hydrogen-bond acceptors (Lipinski definition) is 6. The quantitative estimate of drug-likeness (QED) is 0.754. The molecule has 8 heteroatoms. The summed E-state index contributed by atoms with van der Waals surface area (Å²) in [6.45, 7) is 0. The molecule has 128 valence electrons. The number of rotatable bonds is 5. The topological polar surface area (TPSA) is 80.5 Å². The molecule has 4 rings (SSSR count). The lowest BCUT2D eigenvalue weighted by Gasteiger charge is -2.28. The fourth-order valence-electron chi connectivity index (χ4n) is 3.16. The van der Waals surface area contributed by atoms with Crippen LogP contribution in [0.4, 0.5) is 0 Å². The number of oxazole rings is 1. The second kappa shape index (κ2) is 6.07. The van der Waals surface area contributed by atoms with E-state index in [1.165, 1.54) is 11.8 Å². The molecule has 1 aliphatic carbocycles. The van der Waals surface area contributed by atoms with E-state index in [4.69, 9.17) is 4.42 Å². The maximum Gasteiger partial charge on any atom is 0.257 e. The summed E-state index contributed by atoms with van der Waals surface area (Å²) in [5, 5.41) is 0.472. The van der Waals surface area contributed by atoms with Crippen LogP contribution in [-0.2, 0) is 14.6 Å². The van der Waals surface area contributed by atoms with E-state index >= 15 is 0 Å². The van der Waals surface area contributed by atoms with Gasteiger partial charge in [0.1, 0.15) is 5.52 Å². The average molecular weight is 366 g/mol. The lowest BCUT2D eigenvalue weighted by atomic mass is 10.2. The predicted octanol–water partition coefficient (Wildman–Crippen LogP) is 2.10. The van der Waals surface area contributed by atoms with Crippen LogP contribution in [0.15, 0.2) is 33.9 Å². The molecular weight excluding hydrogens is 348 g/mol. The first-order valence-corrected chi connectivity index (χ1v) is 10.8. The Morgan fingerprint density at radius 2 is 2.04 bits per heavy atom. The van der Waals surface area contributed by atoms with Crippen molar-refractivity contribution in [1.29, 1.82) is 0 Å². The van der Waals surface area contributed by atoms with Crippen LogP contribution < -0.4 is 0 Å². The van der Waals surface area contributed by atoms with Gasteiger partial charge in [-0.1, -0.05) is 23.9 Å².